The van der Waals surface area contributed by atoms with Crippen LogP contribution in [0.5, 0.6) is 0 Å². The van der Waals surface area contributed by atoms with Crippen LogP contribution in [0.2, 0.25) is 0 Å². The fourth-order valence-electron chi connectivity index (χ4n) is 5.04. The third-order valence-electron chi connectivity index (χ3n) is 7.12. The molecule has 2 amide bonds. The number of hydrogen-bond donors (Lipinski definition) is 1. The van der Waals surface area contributed by atoms with Crippen molar-refractivity contribution in [2.24, 2.45) is 0 Å². The van der Waals surface area contributed by atoms with Crippen molar-refractivity contribution in [2.45, 2.75) is 51.1 Å². The number of amides is 2. The molecule has 0 heterocycles. The first-order valence-corrected chi connectivity index (χ1v) is 15.9. The summed E-state index contributed by atoms with van der Waals surface area (Å²) in [5.74, 6) is -0.756. The highest BCUT2D eigenvalue weighted by Gasteiger charge is 2.34. The standard InChI is InChI=1S/C35H39N3O4S/c1-4-20-36-35(40)33(24-29-14-8-5-9-15-29)37(25-30-16-10-6-11-17-30)34(39)26-38(31-22-27(2)21-28(3)23-31)43(41,42)32-18-12-7-13-19-32/h5-19,21-23,33H,4,20,24-26H2,1-3H3,(H,36,40)/t33-/m1/s1. The minimum absolute atomic E-state index is 0.0816. The average molecular weight is 598 g/mol. The summed E-state index contributed by atoms with van der Waals surface area (Å²) in [6.45, 7) is 5.88. The number of nitrogens with zero attached hydrogens (tertiary/aromatic N) is 2. The summed E-state index contributed by atoms with van der Waals surface area (Å²) in [4.78, 5) is 29.7. The number of hydrogen-bond acceptors (Lipinski definition) is 4. The van der Waals surface area contributed by atoms with Crippen LogP contribution in [0.25, 0.3) is 0 Å². The lowest BCUT2D eigenvalue weighted by Crippen LogP contribution is -2.53. The molecule has 1 N–H and O–H groups in total. The number of benzene rings is 4. The summed E-state index contributed by atoms with van der Waals surface area (Å²) < 4.78 is 29.3. The zero-order chi connectivity index (χ0) is 30.8. The Morgan fingerprint density at radius 1 is 0.767 bits per heavy atom. The molecule has 8 heteroatoms. The molecule has 0 radical (unpaired) electrons. The van der Waals surface area contributed by atoms with E-state index < -0.39 is 28.5 Å². The Bertz CT molecular complexity index is 1590. The predicted molar refractivity (Wildman–Crippen MR) is 171 cm³/mol. The second kappa shape index (κ2) is 14.6. The molecule has 0 aliphatic rings. The van der Waals surface area contributed by atoms with E-state index in [-0.39, 0.29) is 23.8 Å². The summed E-state index contributed by atoms with van der Waals surface area (Å²) in [5.41, 5.74) is 3.87. The van der Waals surface area contributed by atoms with Crippen LogP contribution in [0.15, 0.2) is 114 Å². The molecule has 0 aromatic heterocycles. The van der Waals surface area contributed by atoms with Crippen molar-refractivity contribution >= 4 is 27.5 Å². The van der Waals surface area contributed by atoms with Crippen LogP contribution in [0.4, 0.5) is 5.69 Å². The van der Waals surface area contributed by atoms with Gasteiger partial charge in [0.25, 0.3) is 10.0 Å². The molecule has 0 aliphatic heterocycles. The van der Waals surface area contributed by atoms with Gasteiger partial charge in [0.15, 0.2) is 0 Å². The summed E-state index contributed by atoms with van der Waals surface area (Å²) in [6, 6.07) is 31.7. The SMILES string of the molecule is CCCNC(=O)[C@@H](Cc1ccccc1)N(Cc1ccccc1)C(=O)CN(c1cc(C)cc(C)c1)S(=O)(=O)c1ccccc1. The zero-order valence-electron chi connectivity index (χ0n) is 24.9. The van der Waals surface area contributed by atoms with Gasteiger partial charge in [0.05, 0.1) is 10.6 Å². The molecular weight excluding hydrogens is 558 g/mol. The zero-order valence-corrected chi connectivity index (χ0v) is 25.8. The van der Waals surface area contributed by atoms with Gasteiger partial charge in [-0.2, -0.15) is 0 Å². The van der Waals surface area contributed by atoms with E-state index in [1.54, 1.807) is 30.3 Å². The van der Waals surface area contributed by atoms with Crippen LogP contribution in [-0.4, -0.2) is 44.3 Å². The van der Waals surface area contributed by atoms with Gasteiger partial charge in [0.1, 0.15) is 12.6 Å². The van der Waals surface area contributed by atoms with E-state index >= 15 is 0 Å². The van der Waals surface area contributed by atoms with Crippen molar-refractivity contribution in [1.82, 2.24) is 10.2 Å². The lowest BCUT2D eigenvalue weighted by atomic mass is 10.0. The molecule has 4 rings (SSSR count). The molecular formula is C35H39N3O4S. The van der Waals surface area contributed by atoms with Crippen LogP contribution in [-0.2, 0) is 32.6 Å². The third kappa shape index (κ3) is 8.32. The molecule has 0 spiro atoms. The van der Waals surface area contributed by atoms with Gasteiger partial charge in [0, 0.05) is 19.5 Å². The van der Waals surface area contributed by atoms with E-state index in [0.717, 1.165) is 33.0 Å². The van der Waals surface area contributed by atoms with Gasteiger partial charge < -0.3 is 10.2 Å². The Morgan fingerprint density at radius 2 is 1.30 bits per heavy atom. The Hall–Kier alpha value is -4.43. The number of nitrogens with one attached hydrogen (secondary N) is 1. The van der Waals surface area contributed by atoms with Crippen LogP contribution in [0.1, 0.15) is 35.6 Å². The average Bonchev–Trinajstić information content (AvgIpc) is 3.01. The monoisotopic (exact) mass is 597 g/mol. The first-order chi connectivity index (χ1) is 20.7. The molecule has 0 saturated heterocycles. The first-order valence-electron chi connectivity index (χ1n) is 14.5. The number of anilines is 1. The molecule has 224 valence electrons. The van der Waals surface area contributed by atoms with Crippen LogP contribution < -0.4 is 9.62 Å². The van der Waals surface area contributed by atoms with E-state index in [4.69, 9.17) is 0 Å². The number of carbonyl (C=O) groups is 2. The van der Waals surface area contributed by atoms with Crippen molar-refractivity contribution in [2.75, 3.05) is 17.4 Å². The lowest BCUT2D eigenvalue weighted by Gasteiger charge is -2.34. The number of sulfonamides is 1. The quantitative estimate of drug-likeness (QED) is 0.215. The van der Waals surface area contributed by atoms with Crippen molar-refractivity contribution in [3.05, 3.63) is 131 Å². The highest BCUT2D eigenvalue weighted by Crippen LogP contribution is 2.27. The van der Waals surface area contributed by atoms with Crippen molar-refractivity contribution in [3.8, 4) is 0 Å². The van der Waals surface area contributed by atoms with Gasteiger partial charge in [0.2, 0.25) is 11.8 Å². The van der Waals surface area contributed by atoms with Crippen molar-refractivity contribution in [1.29, 1.82) is 0 Å². The molecule has 0 unspecified atom stereocenters. The fourth-order valence-corrected chi connectivity index (χ4v) is 6.46. The van der Waals surface area contributed by atoms with Gasteiger partial charge in [-0.25, -0.2) is 8.42 Å². The van der Waals surface area contributed by atoms with E-state index in [2.05, 4.69) is 5.32 Å². The third-order valence-corrected chi connectivity index (χ3v) is 8.91. The maximum absolute atomic E-state index is 14.4. The maximum Gasteiger partial charge on any atom is 0.264 e. The molecule has 1 atom stereocenters. The van der Waals surface area contributed by atoms with Gasteiger partial charge in [-0.1, -0.05) is 91.9 Å². The largest absolute Gasteiger partial charge is 0.354 e. The molecule has 4 aromatic rings. The van der Waals surface area contributed by atoms with Crippen LogP contribution in [0.3, 0.4) is 0 Å². The van der Waals surface area contributed by atoms with Gasteiger partial charge in [-0.3, -0.25) is 13.9 Å². The molecule has 0 bridgehead atoms. The number of rotatable bonds is 13. The van der Waals surface area contributed by atoms with E-state index in [1.165, 1.54) is 17.0 Å². The Morgan fingerprint density at radius 3 is 1.86 bits per heavy atom. The summed E-state index contributed by atoms with van der Waals surface area (Å²) in [6.07, 6.45) is 1.02. The minimum atomic E-state index is -4.12. The highest BCUT2D eigenvalue weighted by molar-refractivity contribution is 7.92. The van der Waals surface area contributed by atoms with Gasteiger partial charge in [-0.05, 0) is 66.8 Å². The first kappa shape index (κ1) is 31.5. The Labute approximate surface area is 255 Å². The molecule has 0 aliphatic carbocycles. The van der Waals surface area contributed by atoms with E-state index in [1.807, 2.05) is 87.5 Å². The smallest absolute Gasteiger partial charge is 0.264 e. The number of aryl methyl sites for hydroxylation is 2. The topological polar surface area (TPSA) is 86.8 Å². The molecule has 43 heavy (non-hydrogen) atoms. The lowest BCUT2D eigenvalue weighted by molar-refractivity contribution is -0.140. The molecule has 0 fully saturated rings. The summed E-state index contributed by atoms with van der Waals surface area (Å²) in [5, 5.41) is 2.97. The van der Waals surface area contributed by atoms with Gasteiger partial charge in [-0.15, -0.1) is 0 Å². The van der Waals surface area contributed by atoms with Gasteiger partial charge >= 0.3 is 0 Å². The molecule has 4 aromatic carbocycles. The number of carbonyl (C=O) groups excluding carboxylic acids is 2. The Balaban J connectivity index is 1.80. The van der Waals surface area contributed by atoms with E-state index in [0.29, 0.717) is 12.2 Å². The van der Waals surface area contributed by atoms with E-state index in [9.17, 15) is 18.0 Å². The second-order valence-electron chi connectivity index (χ2n) is 10.7. The van der Waals surface area contributed by atoms with Crippen molar-refractivity contribution < 1.29 is 18.0 Å². The minimum Gasteiger partial charge on any atom is -0.354 e. The summed E-state index contributed by atoms with van der Waals surface area (Å²) >= 11 is 0. The Kier molecular flexibility index (Phi) is 10.7. The second-order valence-corrected chi connectivity index (χ2v) is 12.5. The fraction of sp³-hybridized carbons (Fsp3) is 0.257. The molecule has 7 nitrogen and oxygen atoms in total. The predicted octanol–water partition coefficient (Wildman–Crippen LogP) is 5.67. The van der Waals surface area contributed by atoms with Crippen LogP contribution in [0, 0.1) is 13.8 Å². The maximum atomic E-state index is 14.4. The normalized spacial score (nSPS) is 11.9. The highest BCUT2D eigenvalue weighted by atomic mass is 32.2. The summed E-state index contributed by atoms with van der Waals surface area (Å²) in [7, 11) is -4.12. The molecule has 0 saturated carbocycles. The van der Waals surface area contributed by atoms with Crippen LogP contribution >= 0.6 is 0 Å². The van der Waals surface area contributed by atoms with Crippen molar-refractivity contribution in [3.63, 3.8) is 0 Å².